The fourth-order valence-electron chi connectivity index (χ4n) is 3.21. The normalized spacial score (nSPS) is 13.8. The number of ether oxygens (including phenoxy) is 1. The molecule has 0 saturated carbocycles. The highest BCUT2D eigenvalue weighted by Gasteiger charge is 2.38. The van der Waals surface area contributed by atoms with E-state index in [0.717, 1.165) is 5.56 Å². The molecule has 3 amide bonds. The van der Waals surface area contributed by atoms with Crippen LogP contribution in [0, 0.1) is 6.92 Å². The molecule has 0 aromatic heterocycles. The highest BCUT2D eigenvalue weighted by Crippen LogP contribution is 2.26. The molecule has 32 heavy (non-hydrogen) atoms. The summed E-state index contributed by atoms with van der Waals surface area (Å²) in [5, 5.41) is 5.60. The molecule has 0 heterocycles. The second-order valence-corrected chi connectivity index (χ2v) is 10.6. The molecule has 0 fully saturated rings. The van der Waals surface area contributed by atoms with E-state index in [1.165, 1.54) is 4.90 Å². The minimum Gasteiger partial charge on any atom is -0.444 e. The summed E-state index contributed by atoms with van der Waals surface area (Å²) in [5.41, 5.74) is 0.486. The Morgan fingerprint density at radius 3 is 2.12 bits per heavy atom. The van der Waals surface area contributed by atoms with Crippen LogP contribution in [-0.2, 0) is 14.3 Å². The smallest absolute Gasteiger partial charge is 0.408 e. The molecule has 1 rings (SSSR count). The lowest BCUT2D eigenvalue weighted by atomic mass is 9.98. The molecule has 2 unspecified atom stereocenters. The average Bonchev–Trinajstić information content (AvgIpc) is 2.60. The number of alkyl carbamates (subject to hydrolysis) is 1. The highest BCUT2D eigenvalue weighted by atomic mass is 32.1. The van der Waals surface area contributed by atoms with Gasteiger partial charge in [0, 0.05) is 17.3 Å². The molecule has 0 spiro atoms. The molecule has 0 radical (unpaired) electrons. The molecule has 2 atom stereocenters. The van der Waals surface area contributed by atoms with Gasteiger partial charge in [-0.25, -0.2) is 4.79 Å². The van der Waals surface area contributed by atoms with Crippen LogP contribution < -0.4 is 10.6 Å². The molecule has 0 bridgehead atoms. The van der Waals surface area contributed by atoms with E-state index >= 15 is 0 Å². The van der Waals surface area contributed by atoms with Gasteiger partial charge in [-0.05, 0) is 67.9 Å². The molecule has 1 aromatic carbocycles. The van der Waals surface area contributed by atoms with E-state index in [1.54, 1.807) is 20.8 Å². The van der Waals surface area contributed by atoms with Crippen LogP contribution in [0.1, 0.15) is 72.6 Å². The van der Waals surface area contributed by atoms with Crippen molar-refractivity contribution in [1.82, 2.24) is 15.5 Å². The van der Waals surface area contributed by atoms with Gasteiger partial charge in [0.2, 0.25) is 11.8 Å². The fraction of sp³-hybridized carbons (Fsp3) is 0.625. The zero-order chi connectivity index (χ0) is 24.9. The first-order valence-electron chi connectivity index (χ1n) is 10.9. The van der Waals surface area contributed by atoms with Crippen LogP contribution in [0.5, 0.6) is 0 Å². The molecule has 0 aliphatic carbocycles. The number of carbonyl (C=O) groups is 3. The molecule has 180 valence electrons. The summed E-state index contributed by atoms with van der Waals surface area (Å²) in [6, 6.07) is 5.38. The van der Waals surface area contributed by atoms with Crippen LogP contribution in [0.4, 0.5) is 4.79 Å². The Kier molecular flexibility index (Phi) is 9.63. The molecule has 2 N–H and O–H groups in total. The van der Waals surface area contributed by atoms with Crippen molar-refractivity contribution in [3.05, 3.63) is 35.4 Å². The molecule has 0 saturated heterocycles. The first-order valence-corrected chi connectivity index (χ1v) is 11.5. The van der Waals surface area contributed by atoms with Crippen molar-refractivity contribution in [2.45, 2.75) is 91.6 Å². The van der Waals surface area contributed by atoms with E-state index in [0.29, 0.717) is 5.56 Å². The van der Waals surface area contributed by atoms with Gasteiger partial charge in [0.1, 0.15) is 17.7 Å². The minimum absolute atomic E-state index is 0.0583. The number of amides is 3. The number of benzene rings is 1. The Balaban J connectivity index is 3.38. The van der Waals surface area contributed by atoms with Gasteiger partial charge in [-0.3, -0.25) is 9.59 Å². The summed E-state index contributed by atoms with van der Waals surface area (Å²) in [5.74, 6) is -0.639. The lowest BCUT2D eigenvalue weighted by Crippen LogP contribution is -2.57. The second kappa shape index (κ2) is 11.1. The van der Waals surface area contributed by atoms with Crippen molar-refractivity contribution < 1.29 is 19.1 Å². The van der Waals surface area contributed by atoms with E-state index in [9.17, 15) is 14.4 Å². The van der Waals surface area contributed by atoms with Crippen molar-refractivity contribution in [2.75, 3.05) is 5.75 Å². The summed E-state index contributed by atoms with van der Waals surface area (Å²) >= 11 is 4.28. The van der Waals surface area contributed by atoms with Gasteiger partial charge in [-0.15, -0.1) is 0 Å². The average molecular weight is 466 g/mol. The summed E-state index contributed by atoms with van der Waals surface area (Å²) in [6.45, 7) is 16.5. The van der Waals surface area contributed by atoms with Crippen molar-refractivity contribution >= 4 is 30.5 Å². The summed E-state index contributed by atoms with van der Waals surface area (Å²) in [6.07, 6.45) is -0.708. The third kappa shape index (κ3) is 8.73. The Bertz CT molecular complexity index is 812. The summed E-state index contributed by atoms with van der Waals surface area (Å²) in [4.78, 5) is 40.8. The number of nitrogens with one attached hydrogen (secondary N) is 2. The lowest BCUT2D eigenvalue weighted by Gasteiger charge is -2.38. The number of nitrogens with zero attached hydrogens (tertiary/aromatic N) is 1. The third-order valence-corrected chi connectivity index (χ3v) is 4.73. The van der Waals surface area contributed by atoms with Gasteiger partial charge in [0.05, 0.1) is 0 Å². The molecular formula is C24H39N3O4S. The van der Waals surface area contributed by atoms with Gasteiger partial charge < -0.3 is 20.3 Å². The molecular weight excluding hydrogens is 426 g/mol. The number of carbonyl (C=O) groups excluding carboxylic acids is 3. The maximum atomic E-state index is 13.6. The van der Waals surface area contributed by atoms with Crippen molar-refractivity contribution in [1.29, 1.82) is 0 Å². The van der Waals surface area contributed by atoms with E-state index < -0.39 is 35.2 Å². The van der Waals surface area contributed by atoms with Crippen LogP contribution >= 0.6 is 12.6 Å². The highest BCUT2D eigenvalue weighted by molar-refractivity contribution is 7.80. The zero-order valence-corrected chi connectivity index (χ0v) is 21.7. The number of thiol groups is 1. The van der Waals surface area contributed by atoms with Crippen LogP contribution in [0.2, 0.25) is 0 Å². The Morgan fingerprint density at radius 1 is 1.09 bits per heavy atom. The number of hydrogen-bond donors (Lipinski definition) is 3. The van der Waals surface area contributed by atoms with E-state index in [-0.39, 0.29) is 17.7 Å². The number of aryl methyl sites for hydroxylation is 1. The van der Waals surface area contributed by atoms with Crippen LogP contribution in [0.3, 0.4) is 0 Å². The molecule has 7 nitrogen and oxygen atoms in total. The van der Waals surface area contributed by atoms with Crippen LogP contribution in [0.15, 0.2) is 24.3 Å². The van der Waals surface area contributed by atoms with Gasteiger partial charge in [0.15, 0.2) is 0 Å². The SMILES string of the molecule is Cc1cccc(C(C(=O)NC(C)(C)C)N(C(=O)C(CS)NC(=O)OC(C)(C)C)C(C)C)c1. The third-order valence-electron chi connectivity index (χ3n) is 4.37. The van der Waals surface area contributed by atoms with Gasteiger partial charge >= 0.3 is 6.09 Å². The standard InChI is InChI=1S/C24H39N3O4S/c1-15(2)27(21(29)18(14-32)25-22(30)31-24(7,8)9)19(20(28)26-23(4,5)6)17-12-10-11-16(3)13-17/h10-13,15,18-19,32H,14H2,1-9H3,(H,25,30)(H,26,28). The second-order valence-electron chi connectivity index (χ2n) is 10.3. The number of hydrogen-bond acceptors (Lipinski definition) is 5. The fourth-order valence-corrected chi connectivity index (χ4v) is 3.46. The van der Waals surface area contributed by atoms with E-state index in [1.807, 2.05) is 65.8 Å². The minimum atomic E-state index is -0.953. The maximum Gasteiger partial charge on any atom is 0.408 e. The Hall–Kier alpha value is -2.22. The van der Waals surface area contributed by atoms with Gasteiger partial charge in [-0.2, -0.15) is 12.6 Å². The van der Waals surface area contributed by atoms with Crippen LogP contribution in [0.25, 0.3) is 0 Å². The first-order chi connectivity index (χ1) is 14.6. The first kappa shape index (κ1) is 27.8. The number of rotatable bonds is 7. The predicted octanol–water partition coefficient (Wildman–Crippen LogP) is 4.01. The van der Waals surface area contributed by atoms with Crippen LogP contribution in [-0.4, -0.2) is 51.8 Å². The molecule has 1 aromatic rings. The predicted molar refractivity (Wildman–Crippen MR) is 131 cm³/mol. The Morgan fingerprint density at radius 2 is 1.69 bits per heavy atom. The van der Waals surface area contributed by atoms with Crippen molar-refractivity contribution in [3.8, 4) is 0 Å². The topological polar surface area (TPSA) is 87.7 Å². The monoisotopic (exact) mass is 465 g/mol. The van der Waals surface area contributed by atoms with Gasteiger partial charge in [0.25, 0.3) is 0 Å². The largest absolute Gasteiger partial charge is 0.444 e. The lowest BCUT2D eigenvalue weighted by molar-refractivity contribution is -0.144. The summed E-state index contributed by atoms with van der Waals surface area (Å²) < 4.78 is 5.30. The van der Waals surface area contributed by atoms with E-state index in [4.69, 9.17) is 4.74 Å². The molecule has 0 aliphatic rings. The molecule has 8 heteroatoms. The van der Waals surface area contributed by atoms with Crippen molar-refractivity contribution in [2.24, 2.45) is 0 Å². The summed E-state index contributed by atoms with van der Waals surface area (Å²) in [7, 11) is 0. The Labute approximate surface area is 198 Å². The maximum absolute atomic E-state index is 13.6. The van der Waals surface area contributed by atoms with E-state index in [2.05, 4.69) is 23.3 Å². The zero-order valence-electron chi connectivity index (χ0n) is 20.8. The molecule has 0 aliphatic heterocycles. The van der Waals surface area contributed by atoms with Crippen molar-refractivity contribution in [3.63, 3.8) is 0 Å². The quantitative estimate of drug-likeness (QED) is 0.531. The van der Waals surface area contributed by atoms with Gasteiger partial charge in [-0.1, -0.05) is 29.8 Å².